The average molecular weight is 169 g/mol. The molecular weight excluding hydrogens is 154 g/mol. The van der Waals surface area contributed by atoms with Crippen molar-refractivity contribution < 1.29 is 9.90 Å². The second-order valence-electron chi connectivity index (χ2n) is 4.21. The number of nitrogens with zero attached hydrogens (tertiary/aromatic N) is 1. The fourth-order valence-electron chi connectivity index (χ4n) is 2.11. The molecule has 0 bridgehead atoms. The molecule has 3 nitrogen and oxygen atoms in total. The summed E-state index contributed by atoms with van der Waals surface area (Å²) < 4.78 is 0. The Kier molecular flexibility index (Phi) is 1.83. The Bertz CT molecular complexity index is 195. The lowest BCUT2D eigenvalue weighted by Gasteiger charge is -2.19. The molecule has 2 fully saturated rings. The molecule has 3 heteroatoms. The molecule has 0 aromatic carbocycles. The number of carbonyl (C=O) groups is 1. The van der Waals surface area contributed by atoms with E-state index >= 15 is 0 Å². The highest BCUT2D eigenvalue weighted by atomic mass is 16.4. The second kappa shape index (κ2) is 2.73. The van der Waals surface area contributed by atoms with Crippen LogP contribution in [0.25, 0.3) is 0 Å². The van der Waals surface area contributed by atoms with E-state index in [1.165, 1.54) is 6.42 Å². The van der Waals surface area contributed by atoms with E-state index in [4.69, 9.17) is 5.11 Å². The van der Waals surface area contributed by atoms with Crippen LogP contribution in [0.2, 0.25) is 0 Å². The lowest BCUT2D eigenvalue weighted by Crippen LogP contribution is -2.31. The number of fused-ring (bicyclic) bond motifs is 1. The van der Waals surface area contributed by atoms with Gasteiger partial charge in [-0.25, -0.2) is 0 Å². The van der Waals surface area contributed by atoms with E-state index in [0.717, 1.165) is 31.5 Å². The smallest absolute Gasteiger partial charge is 0.307 e. The molecule has 0 radical (unpaired) electrons. The first-order valence-corrected chi connectivity index (χ1v) is 4.62. The molecule has 0 aromatic rings. The van der Waals surface area contributed by atoms with E-state index in [1.54, 1.807) is 6.92 Å². The highest BCUT2D eigenvalue weighted by Crippen LogP contribution is 2.44. The molecule has 0 amide bonds. The first-order chi connectivity index (χ1) is 5.66. The van der Waals surface area contributed by atoms with Crippen LogP contribution in [0, 0.1) is 17.8 Å². The van der Waals surface area contributed by atoms with Crippen molar-refractivity contribution in [3.8, 4) is 0 Å². The summed E-state index contributed by atoms with van der Waals surface area (Å²) in [5, 5.41) is 8.69. The van der Waals surface area contributed by atoms with E-state index in [2.05, 4.69) is 4.90 Å². The van der Waals surface area contributed by atoms with Gasteiger partial charge in [0.15, 0.2) is 0 Å². The van der Waals surface area contributed by atoms with Gasteiger partial charge in [0.25, 0.3) is 0 Å². The normalized spacial score (nSPS) is 36.1. The van der Waals surface area contributed by atoms with Crippen LogP contribution in [-0.2, 0) is 4.79 Å². The molecule has 2 rings (SSSR count). The Balaban J connectivity index is 1.76. The molecule has 1 aliphatic carbocycles. The molecule has 0 aromatic heterocycles. The molecule has 1 aliphatic heterocycles. The van der Waals surface area contributed by atoms with Crippen LogP contribution in [0.1, 0.15) is 13.3 Å². The van der Waals surface area contributed by atoms with Crippen molar-refractivity contribution in [3.63, 3.8) is 0 Å². The molecule has 0 spiro atoms. The molecule has 1 N–H and O–H groups in total. The van der Waals surface area contributed by atoms with Gasteiger partial charge in [-0.1, -0.05) is 6.92 Å². The Morgan fingerprint density at radius 1 is 1.58 bits per heavy atom. The van der Waals surface area contributed by atoms with Crippen molar-refractivity contribution in [1.29, 1.82) is 0 Å². The van der Waals surface area contributed by atoms with E-state index in [0.29, 0.717) is 0 Å². The maximum atomic E-state index is 10.6. The minimum Gasteiger partial charge on any atom is -0.481 e. The summed E-state index contributed by atoms with van der Waals surface area (Å²) in [5.74, 6) is 0.940. The lowest BCUT2D eigenvalue weighted by molar-refractivity contribution is -0.141. The number of carboxylic acid groups (broad SMARTS) is 1. The number of hydrogen-bond acceptors (Lipinski definition) is 2. The van der Waals surface area contributed by atoms with Crippen molar-refractivity contribution in [1.82, 2.24) is 4.90 Å². The summed E-state index contributed by atoms with van der Waals surface area (Å²) in [4.78, 5) is 12.8. The van der Waals surface area contributed by atoms with Crippen LogP contribution in [0.5, 0.6) is 0 Å². The summed E-state index contributed by atoms with van der Waals surface area (Å²) in [6.07, 6.45) is 1.39. The van der Waals surface area contributed by atoms with Gasteiger partial charge in [-0.2, -0.15) is 0 Å². The zero-order valence-electron chi connectivity index (χ0n) is 7.36. The highest BCUT2D eigenvalue weighted by molar-refractivity contribution is 5.69. The molecule has 1 saturated carbocycles. The number of carboxylic acids is 1. The minimum atomic E-state index is -0.671. The van der Waals surface area contributed by atoms with Crippen LogP contribution in [0.15, 0.2) is 0 Å². The number of rotatable bonds is 3. The zero-order valence-corrected chi connectivity index (χ0v) is 7.36. The predicted molar refractivity (Wildman–Crippen MR) is 44.8 cm³/mol. The van der Waals surface area contributed by atoms with Crippen LogP contribution < -0.4 is 0 Å². The first-order valence-electron chi connectivity index (χ1n) is 4.62. The summed E-state index contributed by atoms with van der Waals surface area (Å²) in [6, 6.07) is 0. The molecule has 2 aliphatic rings. The summed E-state index contributed by atoms with van der Waals surface area (Å²) in [5.41, 5.74) is 0. The fourth-order valence-corrected chi connectivity index (χ4v) is 2.11. The first kappa shape index (κ1) is 8.05. The number of piperidine rings is 1. The number of aliphatic carboxylic acids is 1. The third kappa shape index (κ3) is 1.46. The van der Waals surface area contributed by atoms with Gasteiger partial charge in [-0.15, -0.1) is 0 Å². The zero-order chi connectivity index (χ0) is 8.72. The quantitative estimate of drug-likeness (QED) is 0.674. The predicted octanol–water partition coefficient (Wildman–Crippen LogP) is 0.659. The van der Waals surface area contributed by atoms with Crippen LogP contribution in [0.4, 0.5) is 0 Å². The van der Waals surface area contributed by atoms with Gasteiger partial charge in [0.2, 0.25) is 0 Å². The van der Waals surface area contributed by atoms with Crippen LogP contribution in [0.3, 0.4) is 0 Å². The topological polar surface area (TPSA) is 40.5 Å². The highest BCUT2D eigenvalue weighted by Gasteiger charge is 2.45. The number of hydrogen-bond donors (Lipinski definition) is 1. The van der Waals surface area contributed by atoms with Crippen molar-refractivity contribution in [2.24, 2.45) is 17.8 Å². The summed E-state index contributed by atoms with van der Waals surface area (Å²) in [6.45, 7) is 4.80. The van der Waals surface area contributed by atoms with Crippen LogP contribution >= 0.6 is 0 Å². The summed E-state index contributed by atoms with van der Waals surface area (Å²) >= 11 is 0. The van der Waals surface area contributed by atoms with E-state index < -0.39 is 5.97 Å². The van der Waals surface area contributed by atoms with E-state index in [9.17, 15) is 4.79 Å². The fraction of sp³-hybridized carbons (Fsp3) is 0.889. The largest absolute Gasteiger partial charge is 0.481 e. The average Bonchev–Trinajstić information content (AvgIpc) is 2.59. The van der Waals surface area contributed by atoms with Crippen molar-refractivity contribution in [3.05, 3.63) is 0 Å². The Hall–Kier alpha value is -0.570. The van der Waals surface area contributed by atoms with E-state index in [1.807, 2.05) is 0 Å². The molecule has 3 unspecified atom stereocenters. The van der Waals surface area contributed by atoms with Gasteiger partial charge in [0.1, 0.15) is 0 Å². The third-order valence-corrected chi connectivity index (χ3v) is 3.01. The standard InChI is InChI=1S/C9H15NO2/c1-6(9(11)12)3-10-4-7-2-8(7)5-10/h6-8H,2-5H2,1H3,(H,11,12). The Morgan fingerprint density at radius 2 is 2.17 bits per heavy atom. The third-order valence-electron chi connectivity index (χ3n) is 3.01. The molecule has 1 heterocycles. The van der Waals surface area contributed by atoms with Crippen molar-refractivity contribution in [2.45, 2.75) is 13.3 Å². The Labute approximate surface area is 72.4 Å². The SMILES string of the molecule is CC(CN1CC2CC2C1)C(=O)O. The van der Waals surface area contributed by atoms with Gasteiger partial charge in [0, 0.05) is 19.6 Å². The lowest BCUT2D eigenvalue weighted by atomic mass is 10.2. The maximum Gasteiger partial charge on any atom is 0.307 e. The minimum absolute atomic E-state index is 0.206. The molecule has 68 valence electrons. The van der Waals surface area contributed by atoms with Crippen LogP contribution in [-0.4, -0.2) is 35.6 Å². The molecule has 12 heavy (non-hydrogen) atoms. The van der Waals surface area contributed by atoms with Gasteiger partial charge in [0.05, 0.1) is 5.92 Å². The monoisotopic (exact) mass is 169 g/mol. The Morgan fingerprint density at radius 3 is 2.67 bits per heavy atom. The van der Waals surface area contributed by atoms with Crippen molar-refractivity contribution >= 4 is 5.97 Å². The summed E-state index contributed by atoms with van der Waals surface area (Å²) in [7, 11) is 0. The van der Waals surface area contributed by atoms with Gasteiger partial charge in [-0.05, 0) is 18.3 Å². The van der Waals surface area contributed by atoms with Gasteiger partial charge in [-0.3, -0.25) is 4.79 Å². The molecular formula is C9H15NO2. The van der Waals surface area contributed by atoms with Gasteiger partial charge < -0.3 is 10.0 Å². The second-order valence-corrected chi connectivity index (χ2v) is 4.21. The maximum absolute atomic E-state index is 10.6. The van der Waals surface area contributed by atoms with E-state index in [-0.39, 0.29) is 5.92 Å². The van der Waals surface area contributed by atoms with Gasteiger partial charge >= 0.3 is 5.97 Å². The van der Waals surface area contributed by atoms with Crippen molar-refractivity contribution in [2.75, 3.05) is 19.6 Å². The number of likely N-dealkylation sites (tertiary alicyclic amines) is 1. The molecule has 1 saturated heterocycles. The molecule has 3 atom stereocenters.